The third-order valence-corrected chi connectivity index (χ3v) is 27.0. The Bertz CT molecular complexity index is 8450. The van der Waals surface area contributed by atoms with Crippen molar-refractivity contribution in [1.29, 1.82) is 10.5 Å². The van der Waals surface area contributed by atoms with E-state index in [0.29, 0.717) is 11.1 Å². The SMILES string of the molecule is Cc1ccc(-c2ccc3c(c2)c2cc(-c4cc(Cc5ccc(-c6ccc7c8ccccc8n(-c8cc(-c9cccnc9)c(-n9c%10ccccc%10c%10ccc(-c%11ccc(C)cc%11C)cc%109)cc8C#N)c7c6)c(C)c5)c(C)cc4C)ccc2n3-c2cc(-c3cccnc3)c(-n3c4ccc(-c5ccc(C)cc5C)cc4c4cc(-c5ccc(C)cc5C)ccc43)cc2C#N)c(C)c1. The molecule has 6 aromatic heterocycles. The van der Waals surface area contributed by atoms with Crippen LogP contribution in [0.15, 0.2) is 334 Å². The number of aromatic nitrogens is 6. The van der Waals surface area contributed by atoms with Crippen LogP contribution in [0.2, 0.25) is 0 Å². The van der Waals surface area contributed by atoms with Gasteiger partial charge in [-0.3, -0.25) is 9.97 Å². The van der Waals surface area contributed by atoms with E-state index in [1.54, 1.807) is 0 Å². The number of nitrogens with zero attached hydrogens (tertiary/aromatic N) is 8. The van der Waals surface area contributed by atoms with E-state index in [-0.39, 0.29) is 0 Å². The molecule has 0 aliphatic carbocycles. The lowest BCUT2D eigenvalue weighted by atomic mass is 9.90. The number of aryl methyl sites for hydroxylation is 11. The topological polar surface area (TPSA) is 93.1 Å². The molecule has 0 saturated heterocycles. The zero-order valence-corrected chi connectivity index (χ0v) is 73.5. The van der Waals surface area contributed by atoms with Gasteiger partial charge in [-0.15, -0.1) is 0 Å². The van der Waals surface area contributed by atoms with E-state index < -0.39 is 0 Å². The number of pyridine rings is 2. The van der Waals surface area contributed by atoms with Gasteiger partial charge in [-0.1, -0.05) is 222 Å². The van der Waals surface area contributed by atoms with Crippen LogP contribution < -0.4 is 0 Å². The van der Waals surface area contributed by atoms with Crippen LogP contribution >= 0.6 is 0 Å². The minimum atomic E-state index is 0.541. The lowest BCUT2D eigenvalue weighted by Crippen LogP contribution is -2.04. The quantitative estimate of drug-likeness (QED) is 0.108. The van der Waals surface area contributed by atoms with Gasteiger partial charge in [0.2, 0.25) is 0 Å². The maximum atomic E-state index is 11.9. The van der Waals surface area contributed by atoms with Crippen molar-refractivity contribution in [2.45, 2.75) is 82.6 Å². The summed E-state index contributed by atoms with van der Waals surface area (Å²) in [4.78, 5) is 9.50. The van der Waals surface area contributed by atoms with Gasteiger partial charge in [-0.25, -0.2) is 0 Å². The van der Waals surface area contributed by atoms with E-state index >= 15 is 0 Å². The molecule has 6 heterocycles. The van der Waals surface area contributed by atoms with Crippen LogP contribution in [-0.4, -0.2) is 28.2 Å². The fraction of sp³-hybridized carbons (Fsp3) is 0.100. The molecule has 16 aromatic carbocycles. The largest absolute Gasteiger partial charge is 0.309 e. The summed E-state index contributed by atoms with van der Waals surface area (Å²) < 4.78 is 9.37. The summed E-state index contributed by atoms with van der Waals surface area (Å²) >= 11 is 0. The molecule has 610 valence electrons. The molecule has 128 heavy (non-hydrogen) atoms. The van der Waals surface area contributed by atoms with E-state index in [2.05, 4.69) is 404 Å². The van der Waals surface area contributed by atoms with E-state index in [1.807, 2.05) is 36.9 Å². The van der Waals surface area contributed by atoms with Gasteiger partial charge in [0.15, 0.2) is 0 Å². The van der Waals surface area contributed by atoms with Gasteiger partial charge in [0.1, 0.15) is 12.1 Å². The molecule has 0 aliphatic heterocycles. The summed E-state index contributed by atoms with van der Waals surface area (Å²) in [6.07, 6.45) is 8.27. The Morgan fingerprint density at radius 2 is 0.555 bits per heavy atom. The predicted molar refractivity (Wildman–Crippen MR) is 534 cm³/mol. The summed E-state index contributed by atoms with van der Waals surface area (Å²) in [7, 11) is 0. The van der Waals surface area contributed by atoms with Gasteiger partial charge >= 0.3 is 0 Å². The highest BCUT2D eigenvalue weighted by molar-refractivity contribution is 6.16. The number of rotatable bonds is 14. The normalized spacial score (nSPS) is 11.7. The third kappa shape index (κ3) is 13.0. The molecule has 0 fully saturated rings. The van der Waals surface area contributed by atoms with Crippen LogP contribution in [0.4, 0.5) is 0 Å². The molecule has 0 spiro atoms. The summed E-state index contributed by atoms with van der Waals surface area (Å²) in [6, 6.07) is 120. The molecule has 22 aromatic rings. The Balaban J connectivity index is 0.647. The summed E-state index contributed by atoms with van der Waals surface area (Å²) in [6.45, 7) is 24.1. The van der Waals surface area contributed by atoms with Gasteiger partial charge in [0.05, 0.1) is 78.0 Å². The smallest absolute Gasteiger partial charge is 0.101 e. The van der Waals surface area contributed by atoms with Gasteiger partial charge in [-0.05, 0) is 309 Å². The maximum Gasteiger partial charge on any atom is 0.101 e. The number of para-hydroxylation sites is 2. The molecule has 0 unspecified atom stereocenters. The minimum Gasteiger partial charge on any atom is -0.309 e. The first-order valence-corrected chi connectivity index (χ1v) is 44.1. The van der Waals surface area contributed by atoms with Gasteiger partial charge in [-0.2, -0.15) is 10.5 Å². The van der Waals surface area contributed by atoms with Crippen LogP contribution in [0.25, 0.3) is 199 Å². The Morgan fingerprint density at radius 3 is 0.938 bits per heavy atom. The highest BCUT2D eigenvalue weighted by atomic mass is 15.0. The molecular formula is C120H90N8. The fourth-order valence-corrected chi connectivity index (χ4v) is 20.9. The number of hydrogen-bond acceptors (Lipinski definition) is 4. The molecule has 8 nitrogen and oxygen atoms in total. The van der Waals surface area contributed by atoms with Crippen molar-refractivity contribution in [2.75, 3.05) is 0 Å². The van der Waals surface area contributed by atoms with Crippen LogP contribution in [0.3, 0.4) is 0 Å². The average Bonchev–Trinajstić information content (AvgIpc) is 1.61. The van der Waals surface area contributed by atoms with Crippen molar-refractivity contribution in [1.82, 2.24) is 28.2 Å². The molecule has 0 bridgehead atoms. The van der Waals surface area contributed by atoms with Gasteiger partial charge in [0, 0.05) is 90.1 Å². The molecule has 8 heteroatoms. The standard InChI is InChI=1S/C120H90N8/c1-70-24-35-93(75(6)48-70)82-31-42-111-105(55-82)108-58-85(34-45-112(108)125(111)115-64-103(88-18-16-46-123-68-88)119(62-91(115)66-121)126-113-43-32-83(94-36-25-71(2)49-76(94)7)56-106(113)107-57-84(33-44-114(107)126)95-37-26-72(3)50-77(95)8)102-59-90(74(5)52-79(102)10)54-81-28-39-97(80(11)53-81)87-30-40-100-98-20-12-14-22-109(98)127(117(100)60-87)116-65-104(89-19-17-47-124-69-89)120(63-92(116)67-122)128-110-23-15-13-21-99(110)101-41-29-86(61-118(101)128)96-38-27-73(4)51-78(96)9/h12-53,55-65,68-69H,54H2,1-11H3. The van der Waals surface area contributed by atoms with Crippen molar-refractivity contribution in [3.8, 4) is 124 Å². The first-order valence-electron chi connectivity index (χ1n) is 44.1. The molecule has 0 radical (unpaired) electrons. The first kappa shape index (κ1) is 78.0. The van der Waals surface area contributed by atoms with Crippen LogP contribution in [-0.2, 0) is 6.42 Å². The van der Waals surface area contributed by atoms with Gasteiger partial charge < -0.3 is 18.3 Å². The summed E-state index contributed by atoms with van der Waals surface area (Å²) in [5, 5.41) is 32.5. The Labute approximate surface area is 745 Å². The van der Waals surface area contributed by atoms with E-state index in [0.717, 1.165) is 178 Å². The maximum absolute atomic E-state index is 11.9. The van der Waals surface area contributed by atoms with E-state index in [4.69, 9.17) is 9.97 Å². The van der Waals surface area contributed by atoms with Crippen molar-refractivity contribution in [3.05, 3.63) is 418 Å². The Morgan fingerprint density at radius 1 is 0.227 bits per heavy atom. The highest BCUT2D eigenvalue weighted by Crippen LogP contribution is 2.48. The third-order valence-electron chi connectivity index (χ3n) is 27.0. The summed E-state index contributed by atoms with van der Waals surface area (Å²) in [5.41, 5.74) is 46.2. The molecule has 0 aliphatic rings. The number of fused-ring (bicyclic) bond motifs is 12. The van der Waals surface area contributed by atoms with Crippen LogP contribution in [0.1, 0.15) is 83.5 Å². The molecular weight excluding hydrogens is 1550 g/mol. The summed E-state index contributed by atoms with van der Waals surface area (Å²) in [5.74, 6) is 0. The van der Waals surface area contributed by atoms with Crippen LogP contribution in [0.5, 0.6) is 0 Å². The molecule has 22 rings (SSSR count). The number of hydrogen-bond donors (Lipinski definition) is 0. The zero-order valence-electron chi connectivity index (χ0n) is 73.5. The number of benzene rings is 16. The van der Waals surface area contributed by atoms with Crippen molar-refractivity contribution >= 4 is 87.2 Å². The number of nitriles is 2. The minimum absolute atomic E-state index is 0.541. The zero-order chi connectivity index (χ0) is 87.2. The van der Waals surface area contributed by atoms with Gasteiger partial charge in [0.25, 0.3) is 0 Å². The lowest BCUT2D eigenvalue weighted by Gasteiger charge is -2.19. The molecule has 0 atom stereocenters. The monoisotopic (exact) mass is 1640 g/mol. The van der Waals surface area contributed by atoms with Crippen LogP contribution in [0, 0.1) is 98.8 Å². The first-order chi connectivity index (χ1) is 62.4. The molecule has 0 amide bonds. The lowest BCUT2D eigenvalue weighted by molar-refractivity contribution is 1.13. The highest BCUT2D eigenvalue weighted by Gasteiger charge is 2.28. The predicted octanol–water partition coefficient (Wildman–Crippen LogP) is 30.9. The van der Waals surface area contributed by atoms with E-state index in [1.165, 1.54) is 100 Å². The second kappa shape index (κ2) is 30.7. The second-order valence-electron chi connectivity index (χ2n) is 35.4. The Hall–Kier alpha value is -16.0. The van der Waals surface area contributed by atoms with Crippen molar-refractivity contribution in [2.24, 2.45) is 0 Å². The Kier molecular flexibility index (Phi) is 18.7. The van der Waals surface area contributed by atoms with E-state index in [9.17, 15) is 10.5 Å². The average molecular weight is 1640 g/mol. The molecule has 0 saturated carbocycles. The van der Waals surface area contributed by atoms with Crippen molar-refractivity contribution in [3.63, 3.8) is 0 Å². The van der Waals surface area contributed by atoms with Crippen molar-refractivity contribution < 1.29 is 0 Å². The fourth-order valence-electron chi connectivity index (χ4n) is 20.9. The molecule has 0 N–H and O–H groups in total. The second-order valence-corrected chi connectivity index (χ2v) is 35.4.